The minimum absolute atomic E-state index is 0.0367. The first kappa shape index (κ1) is 21.5. The number of ether oxygens (including phenoxy) is 2. The van der Waals surface area contributed by atoms with E-state index in [0.29, 0.717) is 18.0 Å². The number of rotatable bonds is 7. The van der Waals surface area contributed by atoms with Crippen LogP contribution in [0.25, 0.3) is 21.8 Å². The second kappa shape index (κ2) is 9.62. The van der Waals surface area contributed by atoms with Crippen molar-refractivity contribution in [3.8, 4) is 33.3 Å². The maximum absolute atomic E-state index is 13.7. The molecule has 3 aromatic carbocycles. The Kier molecular flexibility index (Phi) is 6.47. The van der Waals surface area contributed by atoms with Gasteiger partial charge in [0.05, 0.1) is 25.5 Å². The molecule has 0 spiro atoms. The van der Waals surface area contributed by atoms with E-state index < -0.39 is 11.7 Å². The molecule has 0 saturated carbocycles. The normalized spacial score (nSPS) is 10.6. The van der Waals surface area contributed by atoms with Gasteiger partial charge in [0.25, 0.3) is 5.91 Å². The summed E-state index contributed by atoms with van der Waals surface area (Å²) in [5.74, 6) is 0.354. The predicted molar refractivity (Wildman–Crippen MR) is 124 cm³/mol. The quantitative estimate of drug-likeness (QED) is 0.402. The number of aromatic nitrogens is 1. The number of amides is 1. The van der Waals surface area contributed by atoms with Crippen LogP contribution >= 0.6 is 11.3 Å². The van der Waals surface area contributed by atoms with Crippen molar-refractivity contribution in [2.45, 2.75) is 6.54 Å². The monoisotopic (exact) mass is 448 g/mol. The van der Waals surface area contributed by atoms with Gasteiger partial charge in [0.2, 0.25) is 0 Å². The molecule has 1 heterocycles. The summed E-state index contributed by atoms with van der Waals surface area (Å²) >= 11 is 1.55. The summed E-state index contributed by atoms with van der Waals surface area (Å²) < 4.78 is 24.4. The van der Waals surface area contributed by atoms with Gasteiger partial charge in [-0.3, -0.25) is 4.79 Å². The first-order valence-corrected chi connectivity index (χ1v) is 10.8. The van der Waals surface area contributed by atoms with Gasteiger partial charge >= 0.3 is 0 Å². The third kappa shape index (κ3) is 4.63. The molecule has 0 bridgehead atoms. The highest BCUT2D eigenvalue weighted by molar-refractivity contribution is 7.13. The molecule has 7 heteroatoms. The Bertz CT molecular complexity index is 1240. The first-order valence-electron chi connectivity index (χ1n) is 9.89. The fourth-order valence-electron chi connectivity index (χ4n) is 3.22. The van der Waals surface area contributed by atoms with Gasteiger partial charge in [0, 0.05) is 23.1 Å². The highest BCUT2D eigenvalue weighted by Crippen LogP contribution is 2.34. The molecule has 0 aliphatic heterocycles. The van der Waals surface area contributed by atoms with Crippen LogP contribution in [0.1, 0.15) is 15.9 Å². The lowest BCUT2D eigenvalue weighted by Gasteiger charge is -2.08. The molecular weight excluding hydrogens is 427 g/mol. The molecule has 4 aromatic rings. The number of carbonyl (C=O) groups is 1. The summed E-state index contributed by atoms with van der Waals surface area (Å²) in [4.78, 5) is 16.9. The van der Waals surface area contributed by atoms with E-state index in [9.17, 15) is 9.18 Å². The van der Waals surface area contributed by atoms with Crippen molar-refractivity contribution in [1.29, 1.82) is 0 Å². The third-order valence-corrected chi connectivity index (χ3v) is 5.85. The van der Waals surface area contributed by atoms with Crippen LogP contribution < -0.4 is 14.8 Å². The predicted octanol–water partition coefficient (Wildman–Crippen LogP) is 5.56. The Balaban J connectivity index is 1.44. The molecule has 0 unspecified atom stereocenters. The number of hydrogen-bond donors (Lipinski definition) is 1. The van der Waals surface area contributed by atoms with Crippen LogP contribution in [-0.4, -0.2) is 25.1 Å². The summed E-state index contributed by atoms with van der Waals surface area (Å²) in [7, 11) is 3.21. The maximum atomic E-state index is 13.7. The number of benzene rings is 3. The lowest BCUT2D eigenvalue weighted by atomic mass is 10.1. The lowest BCUT2D eigenvalue weighted by Crippen LogP contribution is -2.23. The lowest BCUT2D eigenvalue weighted by molar-refractivity contribution is 0.0947. The average Bonchev–Trinajstić information content (AvgIpc) is 3.33. The molecule has 1 aromatic heterocycles. The van der Waals surface area contributed by atoms with Crippen molar-refractivity contribution in [2.24, 2.45) is 0 Å². The smallest absolute Gasteiger partial charge is 0.254 e. The van der Waals surface area contributed by atoms with Crippen molar-refractivity contribution >= 4 is 17.2 Å². The van der Waals surface area contributed by atoms with Crippen molar-refractivity contribution in [2.75, 3.05) is 14.2 Å². The Morgan fingerprint density at radius 2 is 1.69 bits per heavy atom. The van der Waals surface area contributed by atoms with E-state index >= 15 is 0 Å². The van der Waals surface area contributed by atoms with Gasteiger partial charge in [-0.25, -0.2) is 9.37 Å². The molecule has 0 aliphatic carbocycles. The largest absolute Gasteiger partial charge is 0.493 e. The molecule has 0 radical (unpaired) electrons. The second-order valence-corrected chi connectivity index (χ2v) is 7.83. The van der Waals surface area contributed by atoms with Crippen LogP contribution in [0.3, 0.4) is 0 Å². The zero-order valence-corrected chi connectivity index (χ0v) is 18.4. The molecule has 0 atom stereocenters. The maximum Gasteiger partial charge on any atom is 0.254 e. The van der Waals surface area contributed by atoms with Gasteiger partial charge in [-0.15, -0.1) is 11.3 Å². The van der Waals surface area contributed by atoms with E-state index in [4.69, 9.17) is 14.5 Å². The molecule has 162 valence electrons. The zero-order valence-electron chi connectivity index (χ0n) is 17.6. The second-order valence-electron chi connectivity index (χ2n) is 6.97. The number of thiazole rings is 1. The summed E-state index contributed by atoms with van der Waals surface area (Å²) in [6.07, 6.45) is 0. The SMILES string of the molecule is COc1ccc(-c2csc(-c3ccc(CNC(=O)c4ccccc4F)cc3)n2)cc1OC. The number of nitrogens with zero attached hydrogens (tertiary/aromatic N) is 1. The highest BCUT2D eigenvalue weighted by atomic mass is 32.1. The van der Waals surface area contributed by atoms with Gasteiger partial charge < -0.3 is 14.8 Å². The fraction of sp³-hybridized carbons (Fsp3) is 0.120. The molecule has 5 nitrogen and oxygen atoms in total. The van der Waals surface area contributed by atoms with E-state index in [2.05, 4.69) is 5.32 Å². The Morgan fingerprint density at radius 3 is 2.41 bits per heavy atom. The molecular formula is C25H21FN2O3S. The molecule has 4 rings (SSSR count). The molecule has 32 heavy (non-hydrogen) atoms. The van der Waals surface area contributed by atoms with Crippen LogP contribution in [0.5, 0.6) is 11.5 Å². The van der Waals surface area contributed by atoms with Crippen LogP contribution in [0.4, 0.5) is 4.39 Å². The van der Waals surface area contributed by atoms with E-state index in [1.165, 1.54) is 12.1 Å². The Hall–Kier alpha value is -3.71. The summed E-state index contributed by atoms with van der Waals surface area (Å²) in [6.45, 7) is 0.308. The first-order chi connectivity index (χ1) is 15.6. The number of methoxy groups -OCH3 is 2. The minimum Gasteiger partial charge on any atom is -0.493 e. The molecule has 0 saturated heterocycles. The number of nitrogens with one attached hydrogen (secondary N) is 1. The van der Waals surface area contributed by atoms with Crippen molar-refractivity contribution in [1.82, 2.24) is 10.3 Å². The minimum atomic E-state index is -0.533. The van der Waals surface area contributed by atoms with Crippen molar-refractivity contribution in [3.63, 3.8) is 0 Å². The topological polar surface area (TPSA) is 60.5 Å². The third-order valence-electron chi connectivity index (χ3n) is 4.96. The standard InChI is InChI=1S/C25H21FN2O3S/c1-30-22-12-11-18(13-23(22)31-2)21-15-32-25(28-21)17-9-7-16(8-10-17)14-27-24(29)19-5-3-4-6-20(19)26/h3-13,15H,14H2,1-2H3,(H,27,29). The van der Waals surface area contributed by atoms with Gasteiger partial charge in [-0.1, -0.05) is 36.4 Å². The number of hydrogen-bond acceptors (Lipinski definition) is 5. The molecule has 0 aliphatic rings. The van der Waals surface area contributed by atoms with Gasteiger partial charge in [-0.2, -0.15) is 0 Å². The van der Waals surface area contributed by atoms with Crippen LogP contribution in [-0.2, 0) is 6.54 Å². The van der Waals surface area contributed by atoms with Crippen molar-refractivity contribution < 1.29 is 18.7 Å². The van der Waals surface area contributed by atoms with Crippen LogP contribution in [0.15, 0.2) is 72.1 Å². The van der Waals surface area contributed by atoms with Crippen molar-refractivity contribution in [3.05, 3.63) is 89.1 Å². The number of carbonyl (C=O) groups excluding carboxylic acids is 1. The highest BCUT2D eigenvalue weighted by Gasteiger charge is 2.12. The van der Waals surface area contributed by atoms with E-state index in [1.807, 2.05) is 47.8 Å². The summed E-state index contributed by atoms with van der Waals surface area (Å²) in [6, 6.07) is 19.4. The van der Waals surface area contributed by atoms with Gasteiger partial charge in [-0.05, 0) is 35.9 Å². The van der Waals surface area contributed by atoms with E-state index in [-0.39, 0.29) is 5.56 Å². The zero-order chi connectivity index (χ0) is 22.5. The van der Waals surface area contributed by atoms with E-state index in [1.54, 1.807) is 37.7 Å². The summed E-state index contributed by atoms with van der Waals surface area (Å²) in [5, 5.41) is 5.63. The van der Waals surface area contributed by atoms with Crippen LogP contribution in [0.2, 0.25) is 0 Å². The van der Waals surface area contributed by atoms with Crippen LogP contribution in [0, 0.1) is 5.82 Å². The molecule has 1 amide bonds. The van der Waals surface area contributed by atoms with Gasteiger partial charge in [0.15, 0.2) is 11.5 Å². The molecule has 1 N–H and O–H groups in total. The Morgan fingerprint density at radius 1 is 0.969 bits per heavy atom. The Labute approximate surface area is 189 Å². The average molecular weight is 449 g/mol. The van der Waals surface area contributed by atoms with E-state index in [0.717, 1.165) is 27.4 Å². The number of halogens is 1. The fourth-order valence-corrected chi connectivity index (χ4v) is 4.06. The molecule has 0 fully saturated rings. The summed E-state index contributed by atoms with van der Waals surface area (Å²) in [5.41, 5.74) is 3.72. The van der Waals surface area contributed by atoms with Gasteiger partial charge in [0.1, 0.15) is 10.8 Å².